The molecule has 0 aliphatic heterocycles. The Morgan fingerprint density at radius 3 is 2.33 bits per heavy atom. The first-order valence-electron chi connectivity index (χ1n) is 7.93. The summed E-state index contributed by atoms with van der Waals surface area (Å²) in [5, 5.41) is 4.84. The highest BCUT2D eigenvalue weighted by Crippen LogP contribution is 2.50. The molecule has 4 heteroatoms. The van der Waals surface area contributed by atoms with Crippen molar-refractivity contribution >= 4 is 23.2 Å². The Hall–Kier alpha value is -0.440. The van der Waals surface area contributed by atoms with Gasteiger partial charge in [-0.15, -0.1) is 0 Å². The van der Waals surface area contributed by atoms with Crippen LogP contribution in [0.4, 0.5) is 0 Å². The molecule has 0 bridgehead atoms. The van der Waals surface area contributed by atoms with Crippen LogP contribution in [0.15, 0.2) is 18.2 Å². The van der Waals surface area contributed by atoms with Crippen molar-refractivity contribution in [2.45, 2.75) is 58.6 Å². The van der Waals surface area contributed by atoms with Gasteiger partial charge in [-0.1, -0.05) is 50.0 Å². The molecule has 0 amide bonds. The maximum atomic E-state index is 6.23. The third kappa shape index (κ3) is 3.18. The van der Waals surface area contributed by atoms with Crippen LogP contribution < -0.4 is 10.1 Å². The fourth-order valence-electron chi connectivity index (χ4n) is 3.45. The minimum Gasteiger partial charge on any atom is -0.487 e. The van der Waals surface area contributed by atoms with Crippen molar-refractivity contribution in [2.75, 3.05) is 6.54 Å². The molecule has 21 heavy (non-hydrogen) atoms. The molecule has 0 saturated heterocycles. The molecule has 0 aromatic heterocycles. The van der Waals surface area contributed by atoms with Crippen molar-refractivity contribution in [3.05, 3.63) is 28.2 Å². The van der Waals surface area contributed by atoms with E-state index in [-0.39, 0.29) is 11.5 Å². The maximum Gasteiger partial charge on any atom is 0.156 e. The second-order valence-electron chi connectivity index (χ2n) is 5.84. The number of para-hydroxylation sites is 1. The van der Waals surface area contributed by atoms with Gasteiger partial charge in [0, 0.05) is 17.9 Å². The number of ether oxygens (including phenoxy) is 1. The smallest absolute Gasteiger partial charge is 0.156 e. The SMILES string of the molecule is CCCNC1CC(Oc2c(Cl)cccc2Cl)C1(CC)CC. The van der Waals surface area contributed by atoms with E-state index in [2.05, 4.69) is 26.1 Å². The maximum absolute atomic E-state index is 6.23. The Kier molecular flexibility index (Phi) is 5.81. The molecule has 118 valence electrons. The lowest BCUT2D eigenvalue weighted by atomic mass is 9.58. The number of halogens is 2. The summed E-state index contributed by atoms with van der Waals surface area (Å²) in [6, 6.07) is 6.03. The fourth-order valence-corrected chi connectivity index (χ4v) is 3.94. The molecule has 1 aromatic carbocycles. The summed E-state index contributed by atoms with van der Waals surface area (Å²) in [6.45, 7) is 7.75. The topological polar surface area (TPSA) is 21.3 Å². The van der Waals surface area contributed by atoms with Crippen molar-refractivity contribution in [2.24, 2.45) is 5.41 Å². The van der Waals surface area contributed by atoms with Crippen LogP contribution >= 0.6 is 23.2 Å². The van der Waals surface area contributed by atoms with Gasteiger partial charge in [-0.2, -0.15) is 0 Å². The molecular formula is C17H25Cl2NO. The van der Waals surface area contributed by atoms with Gasteiger partial charge in [-0.3, -0.25) is 0 Å². The molecule has 0 spiro atoms. The number of hydrogen-bond donors (Lipinski definition) is 1. The summed E-state index contributed by atoms with van der Waals surface area (Å²) in [5.41, 5.74) is 0.178. The third-order valence-corrected chi connectivity index (χ3v) is 5.52. The van der Waals surface area contributed by atoms with E-state index >= 15 is 0 Å². The quantitative estimate of drug-likeness (QED) is 0.730. The summed E-state index contributed by atoms with van der Waals surface area (Å²) in [4.78, 5) is 0. The fraction of sp³-hybridized carbons (Fsp3) is 0.647. The highest BCUT2D eigenvalue weighted by molar-refractivity contribution is 6.37. The van der Waals surface area contributed by atoms with Crippen molar-refractivity contribution in [3.8, 4) is 5.75 Å². The molecule has 2 unspecified atom stereocenters. The Morgan fingerprint density at radius 1 is 1.19 bits per heavy atom. The van der Waals surface area contributed by atoms with Gasteiger partial charge in [0.2, 0.25) is 0 Å². The van der Waals surface area contributed by atoms with Crippen LogP contribution in [0.25, 0.3) is 0 Å². The molecule has 1 saturated carbocycles. The van der Waals surface area contributed by atoms with Crippen molar-refractivity contribution in [1.82, 2.24) is 5.32 Å². The molecule has 2 atom stereocenters. The van der Waals surface area contributed by atoms with Crippen LogP contribution in [0, 0.1) is 5.41 Å². The van der Waals surface area contributed by atoms with E-state index in [0.717, 1.165) is 32.2 Å². The normalized spacial score (nSPS) is 23.7. The summed E-state index contributed by atoms with van der Waals surface area (Å²) >= 11 is 12.5. The van der Waals surface area contributed by atoms with E-state index in [1.165, 1.54) is 0 Å². The highest BCUT2D eigenvalue weighted by atomic mass is 35.5. The largest absolute Gasteiger partial charge is 0.487 e. The Balaban J connectivity index is 2.13. The van der Waals surface area contributed by atoms with Gasteiger partial charge in [0.25, 0.3) is 0 Å². The van der Waals surface area contributed by atoms with Gasteiger partial charge in [-0.25, -0.2) is 0 Å². The lowest BCUT2D eigenvalue weighted by molar-refractivity contribution is -0.0857. The molecule has 0 heterocycles. The first-order valence-corrected chi connectivity index (χ1v) is 8.68. The summed E-state index contributed by atoms with van der Waals surface area (Å²) < 4.78 is 6.22. The van der Waals surface area contributed by atoms with Gasteiger partial charge >= 0.3 is 0 Å². The van der Waals surface area contributed by atoms with Crippen LogP contribution in [0.3, 0.4) is 0 Å². The van der Waals surface area contributed by atoms with Crippen LogP contribution in [0.1, 0.15) is 46.5 Å². The van der Waals surface area contributed by atoms with Gasteiger partial charge in [0.1, 0.15) is 6.10 Å². The zero-order chi connectivity index (χ0) is 15.5. The van der Waals surface area contributed by atoms with Gasteiger partial charge < -0.3 is 10.1 Å². The second-order valence-corrected chi connectivity index (χ2v) is 6.65. The molecule has 1 fully saturated rings. The van der Waals surface area contributed by atoms with Crippen molar-refractivity contribution in [3.63, 3.8) is 0 Å². The molecule has 1 aliphatic rings. The zero-order valence-corrected chi connectivity index (χ0v) is 14.6. The predicted octanol–water partition coefficient (Wildman–Crippen LogP) is 5.32. The van der Waals surface area contributed by atoms with E-state index in [0.29, 0.717) is 21.8 Å². The van der Waals surface area contributed by atoms with E-state index in [4.69, 9.17) is 27.9 Å². The first-order chi connectivity index (χ1) is 10.1. The van der Waals surface area contributed by atoms with Crippen LogP contribution in [0.5, 0.6) is 5.75 Å². The lowest BCUT2D eigenvalue weighted by Gasteiger charge is -2.55. The number of benzene rings is 1. The monoisotopic (exact) mass is 329 g/mol. The van der Waals surface area contributed by atoms with E-state index in [1.54, 1.807) is 0 Å². The average molecular weight is 330 g/mol. The van der Waals surface area contributed by atoms with E-state index in [1.807, 2.05) is 18.2 Å². The van der Waals surface area contributed by atoms with Gasteiger partial charge in [0.15, 0.2) is 5.75 Å². The lowest BCUT2D eigenvalue weighted by Crippen LogP contribution is -2.64. The summed E-state index contributed by atoms with van der Waals surface area (Å²) in [5.74, 6) is 0.631. The van der Waals surface area contributed by atoms with Crippen LogP contribution in [-0.4, -0.2) is 18.7 Å². The average Bonchev–Trinajstić information content (AvgIpc) is 2.46. The second kappa shape index (κ2) is 7.21. The Morgan fingerprint density at radius 2 is 1.81 bits per heavy atom. The zero-order valence-electron chi connectivity index (χ0n) is 13.1. The molecule has 2 rings (SSSR count). The Labute approximate surface area is 138 Å². The molecular weight excluding hydrogens is 305 g/mol. The third-order valence-electron chi connectivity index (χ3n) is 4.92. The number of hydrogen-bond acceptors (Lipinski definition) is 2. The van der Waals surface area contributed by atoms with Crippen LogP contribution in [0.2, 0.25) is 10.0 Å². The van der Waals surface area contributed by atoms with Crippen molar-refractivity contribution in [1.29, 1.82) is 0 Å². The van der Waals surface area contributed by atoms with Gasteiger partial charge in [0.05, 0.1) is 10.0 Å². The minimum absolute atomic E-state index is 0.178. The number of rotatable bonds is 7. The molecule has 1 aliphatic carbocycles. The van der Waals surface area contributed by atoms with E-state index < -0.39 is 0 Å². The highest BCUT2D eigenvalue weighted by Gasteiger charge is 2.54. The summed E-state index contributed by atoms with van der Waals surface area (Å²) in [7, 11) is 0. The molecule has 0 radical (unpaired) electrons. The van der Waals surface area contributed by atoms with Crippen molar-refractivity contribution < 1.29 is 4.74 Å². The minimum atomic E-state index is 0.178. The Bertz CT molecular complexity index is 454. The van der Waals surface area contributed by atoms with Crippen LogP contribution in [-0.2, 0) is 0 Å². The number of nitrogens with one attached hydrogen (secondary N) is 1. The molecule has 1 aromatic rings. The first kappa shape index (κ1) is 16.9. The van der Waals surface area contributed by atoms with Gasteiger partial charge in [-0.05, 0) is 37.9 Å². The predicted molar refractivity (Wildman–Crippen MR) is 90.6 cm³/mol. The van der Waals surface area contributed by atoms with E-state index in [9.17, 15) is 0 Å². The molecule has 1 N–H and O–H groups in total. The standard InChI is InChI=1S/C17H25Cl2NO/c1-4-10-20-14-11-15(17(14,5-2)6-3)21-16-12(18)8-7-9-13(16)19/h7-9,14-15,20H,4-6,10-11H2,1-3H3. The summed E-state index contributed by atoms with van der Waals surface area (Å²) in [6.07, 6.45) is 4.54. The molecule has 2 nitrogen and oxygen atoms in total.